The summed E-state index contributed by atoms with van der Waals surface area (Å²) in [6.45, 7) is 0. The molecule has 2 heteroatoms. The molecule has 0 radical (unpaired) electrons. The second-order valence-electron chi connectivity index (χ2n) is 5.99. The van der Waals surface area contributed by atoms with Crippen LogP contribution < -0.4 is 0 Å². The van der Waals surface area contributed by atoms with Crippen molar-refractivity contribution >= 4 is 12.2 Å². The van der Waals surface area contributed by atoms with Gasteiger partial charge in [-0.25, -0.2) is 0 Å². The third-order valence-corrected chi connectivity index (χ3v) is 4.32. The van der Waals surface area contributed by atoms with Crippen LogP contribution in [-0.4, -0.2) is 9.97 Å². The molecule has 0 saturated carbocycles. The standard InChI is InChI=1S/C24H18N2/c1-3-7-19(8-4-1)23-13-15-25-17-21(23)11-12-22-18-26-16-14-24(22)20-9-5-2-6-10-20/h1-18H. The lowest BCUT2D eigenvalue weighted by molar-refractivity contribution is 1.31. The molecule has 2 nitrogen and oxygen atoms in total. The van der Waals surface area contributed by atoms with Crippen molar-refractivity contribution in [3.8, 4) is 22.3 Å². The van der Waals surface area contributed by atoms with Crippen molar-refractivity contribution < 1.29 is 0 Å². The first kappa shape index (κ1) is 16.0. The summed E-state index contributed by atoms with van der Waals surface area (Å²) in [6, 6.07) is 24.8. The molecular weight excluding hydrogens is 316 g/mol. The van der Waals surface area contributed by atoms with Crippen molar-refractivity contribution in [1.29, 1.82) is 0 Å². The molecule has 0 saturated heterocycles. The molecule has 0 amide bonds. The van der Waals surface area contributed by atoms with E-state index in [9.17, 15) is 0 Å². The Labute approximate surface area is 153 Å². The largest absolute Gasteiger partial charge is 0.264 e. The Kier molecular flexibility index (Phi) is 4.66. The Morgan fingerprint density at radius 1 is 0.500 bits per heavy atom. The van der Waals surface area contributed by atoms with Gasteiger partial charge in [0.25, 0.3) is 0 Å². The highest BCUT2D eigenvalue weighted by atomic mass is 14.6. The number of hydrogen-bond donors (Lipinski definition) is 0. The summed E-state index contributed by atoms with van der Waals surface area (Å²) in [7, 11) is 0. The van der Waals surface area contributed by atoms with Gasteiger partial charge in [-0.3, -0.25) is 9.97 Å². The molecule has 4 rings (SSSR count). The van der Waals surface area contributed by atoms with E-state index in [4.69, 9.17) is 0 Å². The number of benzene rings is 2. The fraction of sp³-hybridized carbons (Fsp3) is 0. The fourth-order valence-corrected chi connectivity index (χ4v) is 3.02. The fourth-order valence-electron chi connectivity index (χ4n) is 3.02. The lowest BCUT2D eigenvalue weighted by Gasteiger charge is -2.07. The van der Waals surface area contributed by atoms with Crippen LogP contribution in [-0.2, 0) is 0 Å². The van der Waals surface area contributed by atoms with E-state index in [2.05, 4.69) is 82.8 Å². The van der Waals surface area contributed by atoms with Crippen molar-refractivity contribution in [2.45, 2.75) is 0 Å². The van der Waals surface area contributed by atoms with Gasteiger partial charge in [0.1, 0.15) is 0 Å². The van der Waals surface area contributed by atoms with Gasteiger partial charge in [-0.1, -0.05) is 72.8 Å². The van der Waals surface area contributed by atoms with Gasteiger partial charge >= 0.3 is 0 Å². The van der Waals surface area contributed by atoms with E-state index in [1.807, 2.05) is 36.9 Å². The van der Waals surface area contributed by atoms with E-state index in [-0.39, 0.29) is 0 Å². The molecule has 0 N–H and O–H groups in total. The zero-order chi connectivity index (χ0) is 17.6. The van der Waals surface area contributed by atoms with Crippen molar-refractivity contribution in [2.75, 3.05) is 0 Å². The summed E-state index contributed by atoms with van der Waals surface area (Å²) in [4.78, 5) is 8.59. The zero-order valence-electron chi connectivity index (χ0n) is 14.3. The van der Waals surface area contributed by atoms with Crippen LogP contribution in [0.3, 0.4) is 0 Å². The number of nitrogens with zero attached hydrogens (tertiary/aromatic N) is 2. The van der Waals surface area contributed by atoms with Gasteiger partial charge in [-0.2, -0.15) is 0 Å². The summed E-state index contributed by atoms with van der Waals surface area (Å²) in [6.07, 6.45) is 11.7. The first-order chi connectivity index (χ1) is 12.9. The highest BCUT2D eigenvalue weighted by Crippen LogP contribution is 2.27. The van der Waals surface area contributed by atoms with E-state index in [1.165, 1.54) is 22.3 Å². The van der Waals surface area contributed by atoms with Crippen LogP contribution in [0.1, 0.15) is 11.1 Å². The minimum Gasteiger partial charge on any atom is -0.264 e. The third kappa shape index (κ3) is 3.45. The molecule has 26 heavy (non-hydrogen) atoms. The summed E-state index contributed by atoms with van der Waals surface area (Å²) in [5.74, 6) is 0. The molecule has 4 aromatic rings. The number of aromatic nitrogens is 2. The van der Waals surface area contributed by atoms with E-state index in [1.54, 1.807) is 0 Å². The minimum atomic E-state index is 1.08. The number of pyridine rings is 2. The second-order valence-corrected chi connectivity index (χ2v) is 5.99. The molecule has 0 aliphatic rings. The van der Waals surface area contributed by atoms with Crippen molar-refractivity contribution in [3.63, 3.8) is 0 Å². The Hall–Kier alpha value is -3.52. The van der Waals surface area contributed by atoms with E-state index in [0.717, 1.165) is 11.1 Å². The van der Waals surface area contributed by atoms with Crippen molar-refractivity contribution in [3.05, 3.63) is 109 Å². The average Bonchev–Trinajstić information content (AvgIpc) is 2.74. The molecule has 0 atom stereocenters. The maximum atomic E-state index is 4.30. The molecule has 2 heterocycles. The van der Waals surface area contributed by atoms with Crippen LogP contribution in [0.2, 0.25) is 0 Å². The first-order valence-electron chi connectivity index (χ1n) is 8.59. The van der Waals surface area contributed by atoms with Crippen LogP contribution in [0, 0.1) is 0 Å². The third-order valence-electron chi connectivity index (χ3n) is 4.32. The summed E-state index contributed by atoms with van der Waals surface area (Å²) >= 11 is 0. The van der Waals surface area contributed by atoms with Gasteiger partial charge in [0.05, 0.1) is 0 Å². The number of hydrogen-bond acceptors (Lipinski definition) is 2. The highest BCUT2D eigenvalue weighted by molar-refractivity contribution is 5.84. The smallest absolute Gasteiger partial charge is 0.0346 e. The van der Waals surface area contributed by atoms with Gasteiger partial charge in [0.15, 0.2) is 0 Å². The minimum absolute atomic E-state index is 1.08. The molecule has 0 unspecified atom stereocenters. The van der Waals surface area contributed by atoms with Gasteiger partial charge in [-0.15, -0.1) is 0 Å². The number of rotatable bonds is 4. The maximum absolute atomic E-state index is 4.30. The van der Waals surface area contributed by atoms with Crippen LogP contribution in [0.25, 0.3) is 34.4 Å². The SMILES string of the molecule is C(=Cc1cnccc1-c1ccccc1)c1cnccc1-c1ccccc1. The normalized spacial score (nSPS) is 10.9. The molecule has 2 aromatic carbocycles. The van der Waals surface area contributed by atoms with Crippen LogP contribution in [0.4, 0.5) is 0 Å². The Morgan fingerprint density at radius 2 is 0.923 bits per heavy atom. The van der Waals surface area contributed by atoms with E-state index in [0.29, 0.717) is 0 Å². The molecule has 124 valence electrons. The van der Waals surface area contributed by atoms with Crippen molar-refractivity contribution in [1.82, 2.24) is 9.97 Å². The Morgan fingerprint density at radius 3 is 1.35 bits per heavy atom. The molecule has 0 spiro atoms. The molecule has 0 fully saturated rings. The topological polar surface area (TPSA) is 25.8 Å². The van der Waals surface area contributed by atoms with E-state index >= 15 is 0 Å². The highest BCUT2D eigenvalue weighted by Gasteiger charge is 2.04. The van der Waals surface area contributed by atoms with Crippen LogP contribution in [0.15, 0.2) is 97.6 Å². The van der Waals surface area contributed by atoms with Gasteiger partial charge in [0, 0.05) is 35.9 Å². The van der Waals surface area contributed by atoms with Crippen LogP contribution >= 0.6 is 0 Å². The molecule has 0 bridgehead atoms. The Bertz CT molecular complexity index is 937. The quantitative estimate of drug-likeness (QED) is 0.459. The monoisotopic (exact) mass is 334 g/mol. The molecular formula is C24H18N2. The lowest BCUT2D eigenvalue weighted by atomic mass is 9.99. The van der Waals surface area contributed by atoms with Gasteiger partial charge < -0.3 is 0 Å². The first-order valence-corrected chi connectivity index (χ1v) is 8.59. The predicted octanol–water partition coefficient (Wildman–Crippen LogP) is 5.98. The predicted molar refractivity (Wildman–Crippen MR) is 108 cm³/mol. The van der Waals surface area contributed by atoms with E-state index < -0.39 is 0 Å². The summed E-state index contributed by atoms with van der Waals surface area (Å²) in [5, 5.41) is 0. The van der Waals surface area contributed by atoms with Gasteiger partial charge in [0.2, 0.25) is 0 Å². The van der Waals surface area contributed by atoms with Gasteiger partial charge in [-0.05, 0) is 34.4 Å². The Balaban J connectivity index is 1.73. The second kappa shape index (κ2) is 7.58. The lowest BCUT2D eigenvalue weighted by Crippen LogP contribution is -1.86. The molecule has 0 aliphatic carbocycles. The van der Waals surface area contributed by atoms with Crippen molar-refractivity contribution in [2.24, 2.45) is 0 Å². The maximum Gasteiger partial charge on any atom is 0.0346 e. The summed E-state index contributed by atoms with van der Waals surface area (Å²) < 4.78 is 0. The summed E-state index contributed by atoms with van der Waals surface area (Å²) in [5.41, 5.74) is 6.88. The molecule has 0 aliphatic heterocycles. The molecule has 2 aromatic heterocycles. The zero-order valence-corrected chi connectivity index (χ0v) is 14.3. The average molecular weight is 334 g/mol. The van der Waals surface area contributed by atoms with Crippen LogP contribution in [0.5, 0.6) is 0 Å².